The second kappa shape index (κ2) is 12.0. The lowest BCUT2D eigenvalue weighted by Gasteiger charge is -2.34. The predicted molar refractivity (Wildman–Crippen MR) is 226 cm³/mol. The molecule has 0 radical (unpaired) electrons. The molecule has 0 bridgehead atoms. The smallest absolute Gasteiger partial charge is 0.151 e. The summed E-state index contributed by atoms with van der Waals surface area (Å²) in [5.41, 5.74) is 23.7. The second-order valence-electron chi connectivity index (χ2n) is 15.2. The Labute approximate surface area is 321 Å². The molecule has 2 aliphatic carbocycles. The lowest BCUT2D eigenvalue weighted by atomic mass is 9.81. The summed E-state index contributed by atoms with van der Waals surface area (Å²) in [7, 11) is 0. The molecule has 0 atom stereocenters. The second-order valence-corrected chi connectivity index (χ2v) is 15.2. The summed E-state index contributed by atoms with van der Waals surface area (Å²) in [5.74, 6) is 1.66. The molecule has 0 aromatic heterocycles. The minimum atomic E-state index is -0.166. The van der Waals surface area contributed by atoms with Crippen LogP contribution in [0, 0.1) is 0 Å². The van der Waals surface area contributed by atoms with E-state index in [1.807, 2.05) is 30.3 Å². The lowest BCUT2D eigenvalue weighted by Crippen LogP contribution is -2.32. The lowest BCUT2D eigenvalue weighted by molar-refractivity contribution is 0.477. The highest BCUT2D eigenvalue weighted by Crippen LogP contribution is 2.53. The van der Waals surface area contributed by atoms with Crippen LogP contribution in [0.2, 0.25) is 0 Å². The van der Waals surface area contributed by atoms with Crippen molar-refractivity contribution >= 4 is 51.5 Å². The Balaban J connectivity index is 0.959. The quantitative estimate of drug-likeness (QED) is 0.170. The van der Waals surface area contributed by atoms with Crippen LogP contribution < -0.4 is 25.0 Å². The van der Waals surface area contributed by atoms with Crippen LogP contribution in [0.4, 0.5) is 34.1 Å². The third-order valence-corrected chi connectivity index (χ3v) is 11.7. The van der Waals surface area contributed by atoms with Gasteiger partial charge in [0.2, 0.25) is 0 Å². The van der Waals surface area contributed by atoms with Crippen LogP contribution in [-0.4, -0.2) is 0 Å². The number of allylic oxidation sites excluding steroid dienone is 2. The summed E-state index contributed by atoms with van der Waals surface area (Å²) in [6.45, 7) is 4.73. The third-order valence-electron chi connectivity index (χ3n) is 11.7. The minimum absolute atomic E-state index is 0.166. The van der Waals surface area contributed by atoms with Crippen LogP contribution in [0.1, 0.15) is 41.7 Å². The van der Waals surface area contributed by atoms with E-state index < -0.39 is 0 Å². The van der Waals surface area contributed by atoms with Crippen molar-refractivity contribution in [1.82, 2.24) is 0 Å². The van der Waals surface area contributed by atoms with Gasteiger partial charge in [-0.25, -0.2) is 0 Å². The molecule has 0 unspecified atom stereocenters. The van der Waals surface area contributed by atoms with E-state index >= 15 is 0 Å². The highest BCUT2D eigenvalue weighted by Gasteiger charge is 2.37. The minimum Gasteiger partial charge on any atom is -0.453 e. The van der Waals surface area contributed by atoms with Gasteiger partial charge in [-0.05, 0) is 105 Å². The molecule has 0 fully saturated rings. The van der Waals surface area contributed by atoms with E-state index in [-0.39, 0.29) is 5.41 Å². The van der Waals surface area contributed by atoms with E-state index in [2.05, 4.69) is 175 Å². The molecule has 4 aliphatic rings. The number of rotatable bonds is 4. The molecule has 0 saturated carbocycles. The van der Waals surface area contributed by atoms with Gasteiger partial charge in [0.15, 0.2) is 11.5 Å². The van der Waals surface area contributed by atoms with Gasteiger partial charge in [0.05, 0.1) is 22.3 Å². The maximum Gasteiger partial charge on any atom is 0.151 e. The number of hydrogen-bond acceptors (Lipinski definition) is 3. The van der Waals surface area contributed by atoms with Crippen molar-refractivity contribution in [2.24, 2.45) is 0 Å². The van der Waals surface area contributed by atoms with Crippen molar-refractivity contribution < 1.29 is 4.74 Å². The van der Waals surface area contributed by atoms with Crippen molar-refractivity contribution in [1.29, 1.82) is 0 Å². The van der Waals surface area contributed by atoms with E-state index in [9.17, 15) is 0 Å². The zero-order valence-corrected chi connectivity index (χ0v) is 30.7. The number of benzene rings is 7. The standard InChI is InChI=1S/C52H36N2O/c1-52(2)43-31-34(26-29-40(43)41-30-28-38(33-44(41)52)53-45-18-5-3-13-36(45)32-37-14-4-6-19-46(37)53)25-27-35-15-11-17-42-39(35)16-12-22-47(42)54-48-20-7-9-23-50(48)55-51-24-10-8-21-49(51)54/h3-10,12-16,18-31,33H,32H2,1-2H3. The molecule has 260 valence electrons. The molecule has 3 nitrogen and oxygen atoms in total. The first-order valence-electron chi connectivity index (χ1n) is 19.0. The van der Waals surface area contributed by atoms with Crippen molar-refractivity contribution in [2.75, 3.05) is 9.80 Å². The molecule has 0 saturated heterocycles. The first-order valence-corrected chi connectivity index (χ1v) is 19.0. The number of anilines is 6. The summed E-state index contributed by atoms with van der Waals surface area (Å²) in [5, 5.41) is 2.13. The molecule has 0 amide bonds. The molecule has 2 aliphatic heterocycles. The van der Waals surface area contributed by atoms with Crippen molar-refractivity contribution in [2.45, 2.75) is 25.7 Å². The first-order chi connectivity index (χ1) is 27.0. The molecule has 3 heteroatoms. The zero-order valence-electron chi connectivity index (χ0n) is 30.7. The van der Waals surface area contributed by atoms with Gasteiger partial charge in [-0.3, -0.25) is 0 Å². The van der Waals surface area contributed by atoms with Gasteiger partial charge >= 0.3 is 0 Å². The van der Waals surface area contributed by atoms with Crippen molar-refractivity contribution in [3.63, 3.8) is 0 Å². The van der Waals surface area contributed by atoms with Crippen molar-refractivity contribution in [3.05, 3.63) is 208 Å². The van der Waals surface area contributed by atoms with Gasteiger partial charge in [-0.2, -0.15) is 0 Å². The molecular weight excluding hydrogens is 669 g/mol. The average molecular weight is 705 g/mol. The van der Waals surface area contributed by atoms with E-state index in [4.69, 9.17) is 4.74 Å². The average Bonchev–Trinajstić information content (AvgIpc) is 3.45. The van der Waals surface area contributed by atoms with Gasteiger partial charge in [0, 0.05) is 34.1 Å². The topological polar surface area (TPSA) is 15.7 Å². The Morgan fingerprint density at radius 3 is 1.87 bits per heavy atom. The summed E-state index contributed by atoms with van der Waals surface area (Å²) in [6, 6.07) is 54.5. The maximum absolute atomic E-state index is 6.31. The summed E-state index contributed by atoms with van der Waals surface area (Å²) < 4.78 is 6.31. The van der Waals surface area contributed by atoms with E-state index in [0.717, 1.165) is 51.0 Å². The van der Waals surface area contributed by atoms with Gasteiger partial charge in [-0.15, -0.1) is 0 Å². The molecular formula is C52H36N2O. The molecule has 0 spiro atoms. The monoisotopic (exact) mass is 704 g/mol. The zero-order chi connectivity index (χ0) is 36.7. The fourth-order valence-electron chi connectivity index (χ4n) is 9.01. The Morgan fingerprint density at radius 2 is 1.16 bits per heavy atom. The van der Waals surface area contributed by atoms with Crippen LogP contribution in [0.15, 0.2) is 170 Å². The van der Waals surface area contributed by atoms with Gasteiger partial charge in [0.1, 0.15) is 0 Å². The number of hydrogen-bond donors (Lipinski definition) is 0. The summed E-state index contributed by atoms with van der Waals surface area (Å²) in [6.07, 6.45) is 7.45. The fraction of sp³-hybridized carbons (Fsp3) is 0.0769. The van der Waals surface area contributed by atoms with Crippen LogP contribution in [-0.2, 0) is 11.8 Å². The molecule has 2 heterocycles. The van der Waals surface area contributed by atoms with Crippen molar-refractivity contribution in [3.8, 4) is 22.6 Å². The van der Waals surface area contributed by atoms with E-state index in [0.29, 0.717) is 0 Å². The third kappa shape index (κ3) is 4.85. The summed E-state index contributed by atoms with van der Waals surface area (Å²) in [4.78, 5) is 4.73. The van der Waals surface area contributed by atoms with Crippen LogP contribution >= 0.6 is 0 Å². The van der Waals surface area contributed by atoms with E-state index in [1.54, 1.807) is 0 Å². The fourth-order valence-corrected chi connectivity index (χ4v) is 9.01. The van der Waals surface area contributed by atoms with Gasteiger partial charge in [0.25, 0.3) is 0 Å². The highest BCUT2D eigenvalue weighted by molar-refractivity contribution is 5.90. The summed E-state index contributed by atoms with van der Waals surface area (Å²) >= 11 is 0. The Bertz CT molecular complexity index is 2920. The predicted octanol–water partition coefficient (Wildman–Crippen LogP) is 11.9. The first kappa shape index (κ1) is 31.5. The SMILES string of the molecule is CC1(C)c2cc(C=CC3=c4cccc(N5c6ccccc6Oc6ccccc65)c4=C=C=C3)ccc2-c2ccc(N3c4ccccc4Cc4ccccc43)cc21. The largest absolute Gasteiger partial charge is 0.453 e. The number of fused-ring (bicyclic) bond motifs is 8. The van der Waals surface area contributed by atoms with Crippen LogP contribution in [0.3, 0.4) is 0 Å². The molecule has 11 rings (SSSR count). The van der Waals surface area contributed by atoms with E-state index in [1.165, 1.54) is 56.0 Å². The van der Waals surface area contributed by atoms with Gasteiger partial charge in [-0.1, -0.05) is 135 Å². The maximum atomic E-state index is 6.31. The molecule has 55 heavy (non-hydrogen) atoms. The van der Waals surface area contributed by atoms with Gasteiger partial charge < -0.3 is 14.5 Å². The Hall–Kier alpha value is -7.02. The molecule has 7 aromatic carbocycles. The Kier molecular flexibility index (Phi) is 6.87. The van der Waals surface area contributed by atoms with Crippen LogP contribution in [0.25, 0.3) is 28.5 Å². The number of ether oxygens (including phenoxy) is 1. The number of para-hydroxylation sites is 6. The molecule has 0 N–H and O–H groups in total. The molecule has 7 aromatic rings. The highest BCUT2D eigenvalue weighted by atomic mass is 16.5. The Morgan fingerprint density at radius 1 is 0.564 bits per heavy atom. The number of nitrogens with zero attached hydrogens (tertiary/aromatic N) is 2. The normalized spacial score (nSPS) is 14.9. The van der Waals surface area contributed by atoms with Crippen LogP contribution in [0.5, 0.6) is 11.5 Å².